The Bertz CT molecular complexity index is 584. The first-order valence-electron chi connectivity index (χ1n) is 7.17. The molecule has 2 aromatic carbocycles. The first kappa shape index (κ1) is 14.9. The van der Waals surface area contributed by atoms with Crippen molar-refractivity contribution in [1.29, 1.82) is 0 Å². The second kappa shape index (κ2) is 7.33. The minimum atomic E-state index is -0.555. The summed E-state index contributed by atoms with van der Waals surface area (Å²) >= 11 is 0. The van der Waals surface area contributed by atoms with Gasteiger partial charge in [-0.25, -0.2) is 4.79 Å². The fourth-order valence-electron chi connectivity index (χ4n) is 2.33. The van der Waals surface area contributed by atoms with E-state index in [4.69, 9.17) is 5.73 Å². The second-order valence-electron chi connectivity index (χ2n) is 4.97. The van der Waals surface area contributed by atoms with Crippen LogP contribution >= 0.6 is 0 Å². The number of carbonyl (C=O) groups is 1. The quantitative estimate of drug-likeness (QED) is 0.746. The van der Waals surface area contributed by atoms with Crippen LogP contribution in [0, 0.1) is 0 Å². The number of nitrogens with one attached hydrogen (secondary N) is 2. The van der Waals surface area contributed by atoms with Crippen LogP contribution in [0.3, 0.4) is 0 Å². The number of carbonyl (C=O) groups excluding carboxylic acids is 1. The summed E-state index contributed by atoms with van der Waals surface area (Å²) in [7, 11) is 0. The molecule has 0 radical (unpaired) electrons. The SMILES string of the molecule is CCCC(Nc1cccc(NC(N)=O)c1)c1ccccc1. The van der Waals surface area contributed by atoms with E-state index in [9.17, 15) is 4.79 Å². The lowest BCUT2D eigenvalue weighted by atomic mass is 10.0. The largest absolute Gasteiger partial charge is 0.378 e. The van der Waals surface area contributed by atoms with Crippen LogP contribution in [0.1, 0.15) is 31.4 Å². The molecule has 4 heteroatoms. The maximum Gasteiger partial charge on any atom is 0.316 e. The summed E-state index contributed by atoms with van der Waals surface area (Å²) in [6.45, 7) is 2.17. The van der Waals surface area contributed by atoms with Gasteiger partial charge in [0.15, 0.2) is 0 Å². The highest BCUT2D eigenvalue weighted by Crippen LogP contribution is 2.25. The molecule has 0 aliphatic heterocycles. The first-order valence-corrected chi connectivity index (χ1v) is 7.17. The topological polar surface area (TPSA) is 67.2 Å². The van der Waals surface area contributed by atoms with Crippen molar-refractivity contribution in [3.8, 4) is 0 Å². The number of amides is 2. The van der Waals surface area contributed by atoms with Gasteiger partial charge in [0.1, 0.15) is 0 Å². The van der Waals surface area contributed by atoms with E-state index >= 15 is 0 Å². The van der Waals surface area contributed by atoms with Gasteiger partial charge in [0.2, 0.25) is 0 Å². The summed E-state index contributed by atoms with van der Waals surface area (Å²) in [5, 5.41) is 6.11. The van der Waals surface area contributed by atoms with Gasteiger partial charge in [0.25, 0.3) is 0 Å². The van der Waals surface area contributed by atoms with Gasteiger partial charge in [0.05, 0.1) is 6.04 Å². The molecule has 0 heterocycles. The van der Waals surface area contributed by atoms with Gasteiger partial charge in [-0.15, -0.1) is 0 Å². The monoisotopic (exact) mass is 283 g/mol. The Morgan fingerprint density at radius 2 is 1.81 bits per heavy atom. The van der Waals surface area contributed by atoms with Crippen molar-refractivity contribution in [2.24, 2.45) is 5.73 Å². The average Bonchev–Trinajstić information content (AvgIpc) is 2.47. The Morgan fingerprint density at radius 3 is 2.48 bits per heavy atom. The molecule has 2 amide bonds. The fraction of sp³-hybridized carbons (Fsp3) is 0.235. The zero-order valence-electron chi connectivity index (χ0n) is 12.2. The van der Waals surface area contributed by atoms with Crippen LogP contribution < -0.4 is 16.4 Å². The molecule has 110 valence electrons. The van der Waals surface area contributed by atoms with Gasteiger partial charge in [-0.05, 0) is 30.2 Å². The number of hydrogen-bond acceptors (Lipinski definition) is 2. The molecule has 2 rings (SSSR count). The molecule has 0 aliphatic rings. The van der Waals surface area contributed by atoms with E-state index in [1.54, 1.807) is 0 Å². The summed E-state index contributed by atoms with van der Waals surface area (Å²) in [6, 6.07) is 17.6. The lowest BCUT2D eigenvalue weighted by molar-refractivity contribution is 0.259. The van der Waals surface area contributed by atoms with Crippen molar-refractivity contribution in [2.45, 2.75) is 25.8 Å². The van der Waals surface area contributed by atoms with Crippen molar-refractivity contribution >= 4 is 17.4 Å². The van der Waals surface area contributed by atoms with Crippen LogP contribution in [-0.2, 0) is 0 Å². The molecule has 4 N–H and O–H groups in total. The third kappa shape index (κ3) is 4.53. The number of benzene rings is 2. The number of urea groups is 1. The van der Waals surface area contributed by atoms with E-state index in [0.29, 0.717) is 5.69 Å². The van der Waals surface area contributed by atoms with Gasteiger partial charge < -0.3 is 16.4 Å². The summed E-state index contributed by atoms with van der Waals surface area (Å²) in [6.07, 6.45) is 2.13. The van der Waals surface area contributed by atoms with Crippen LogP contribution in [-0.4, -0.2) is 6.03 Å². The third-order valence-electron chi connectivity index (χ3n) is 3.25. The normalized spacial score (nSPS) is 11.7. The van der Waals surface area contributed by atoms with Gasteiger partial charge in [-0.2, -0.15) is 0 Å². The van der Waals surface area contributed by atoms with Gasteiger partial charge in [-0.3, -0.25) is 0 Å². The van der Waals surface area contributed by atoms with E-state index < -0.39 is 6.03 Å². The molecule has 1 atom stereocenters. The highest BCUT2D eigenvalue weighted by atomic mass is 16.2. The molecule has 0 bridgehead atoms. The van der Waals surface area contributed by atoms with E-state index in [1.807, 2.05) is 42.5 Å². The Labute approximate surface area is 125 Å². The molecular weight excluding hydrogens is 262 g/mol. The van der Waals surface area contributed by atoms with Crippen molar-refractivity contribution in [3.63, 3.8) is 0 Å². The van der Waals surface area contributed by atoms with Crippen LogP contribution in [0.15, 0.2) is 54.6 Å². The van der Waals surface area contributed by atoms with E-state index in [0.717, 1.165) is 18.5 Å². The molecule has 0 saturated heterocycles. The summed E-state index contributed by atoms with van der Waals surface area (Å²) in [5.74, 6) is 0. The molecular formula is C17H21N3O. The van der Waals surface area contributed by atoms with E-state index in [1.165, 1.54) is 5.56 Å². The standard InChI is InChI=1S/C17H21N3O/c1-2-7-16(13-8-4-3-5-9-13)19-14-10-6-11-15(12-14)20-17(18)21/h3-6,8-12,16,19H,2,7H2,1H3,(H3,18,20,21). The summed E-state index contributed by atoms with van der Waals surface area (Å²) < 4.78 is 0. The molecule has 2 aromatic rings. The Balaban J connectivity index is 2.15. The summed E-state index contributed by atoms with van der Waals surface area (Å²) in [5.41, 5.74) is 8.05. The third-order valence-corrected chi connectivity index (χ3v) is 3.25. The number of nitrogens with two attached hydrogens (primary N) is 1. The smallest absolute Gasteiger partial charge is 0.316 e. The van der Waals surface area contributed by atoms with Crippen LogP contribution in [0.2, 0.25) is 0 Å². The van der Waals surface area contributed by atoms with Gasteiger partial charge in [0, 0.05) is 11.4 Å². The maximum atomic E-state index is 10.9. The molecule has 0 saturated carbocycles. The van der Waals surface area contributed by atoms with Crippen molar-refractivity contribution in [1.82, 2.24) is 0 Å². The van der Waals surface area contributed by atoms with Crippen molar-refractivity contribution in [2.75, 3.05) is 10.6 Å². The lowest BCUT2D eigenvalue weighted by Crippen LogP contribution is -2.19. The molecule has 0 aliphatic carbocycles. The number of hydrogen-bond donors (Lipinski definition) is 3. The minimum absolute atomic E-state index is 0.250. The van der Waals surface area contributed by atoms with Crippen LogP contribution in [0.4, 0.5) is 16.2 Å². The van der Waals surface area contributed by atoms with Crippen LogP contribution in [0.25, 0.3) is 0 Å². The maximum absolute atomic E-state index is 10.9. The summed E-state index contributed by atoms with van der Waals surface area (Å²) in [4.78, 5) is 10.9. The van der Waals surface area contributed by atoms with Crippen LogP contribution in [0.5, 0.6) is 0 Å². The Kier molecular flexibility index (Phi) is 5.21. The fourth-order valence-corrected chi connectivity index (χ4v) is 2.33. The lowest BCUT2D eigenvalue weighted by Gasteiger charge is -2.20. The zero-order valence-corrected chi connectivity index (χ0v) is 12.2. The minimum Gasteiger partial charge on any atom is -0.378 e. The molecule has 0 spiro atoms. The zero-order chi connectivity index (χ0) is 15.1. The first-order chi connectivity index (χ1) is 10.2. The number of anilines is 2. The van der Waals surface area contributed by atoms with Crippen molar-refractivity contribution in [3.05, 3.63) is 60.2 Å². The second-order valence-corrected chi connectivity index (χ2v) is 4.97. The molecule has 4 nitrogen and oxygen atoms in total. The number of primary amides is 1. The van der Waals surface area contributed by atoms with Crippen molar-refractivity contribution < 1.29 is 4.79 Å². The molecule has 0 fully saturated rings. The Morgan fingerprint density at radius 1 is 1.10 bits per heavy atom. The van der Waals surface area contributed by atoms with Gasteiger partial charge in [-0.1, -0.05) is 49.7 Å². The molecule has 1 unspecified atom stereocenters. The molecule has 21 heavy (non-hydrogen) atoms. The van der Waals surface area contributed by atoms with E-state index in [2.05, 4.69) is 29.7 Å². The predicted molar refractivity (Wildman–Crippen MR) is 87.4 cm³/mol. The highest BCUT2D eigenvalue weighted by Gasteiger charge is 2.10. The molecule has 0 aromatic heterocycles. The van der Waals surface area contributed by atoms with Gasteiger partial charge >= 0.3 is 6.03 Å². The number of rotatable bonds is 6. The average molecular weight is 283 g/mol. The predicted octanol–water partition coefficient (Wildman–Crippen LogP) is 4.13. The van der Waals surface area contributed by atoms with E-state index in [-0.39, 0.29) is 6.04 Å². The Hall–Kier alpha value is -2.49. The highest BCUT2D eigenvalue weighted by molar-refractivity contribution is 5.88.